The van der Waals surface area contributed by atoms with Crippen molar-refractivity contribution < 1.29 is 9.59 Å². The van der Waals surface area contributed by atoms with E-state index < -0.39 is 0 Å². The van der Waals surface area contributed by atoms with E-state index >= 15 is 0 Å². The van der Waals surface area contributed by atoms with Gasteiger partial charge in [-0.05, 0) is 6.42 Å². The fourth-order valence-electron chi connectivity index (χ4n) is 0.951. The first-order valence-electron chi connectivity index (χ1n) is 3.35. The topological polar surface area (TPSA) is 58.2 Å². The van der Waals surface area contributed by atoms with Gasteiger partial charge in [-0.3, -0.25) is 10.1 Å². The van der Waals surface area contributed by atoms with Gasteiger partial charge >= 0.3 is 6.03 Å². The first kappa shape index (κ1) is 7.05. The number of amides is 3. The highest BCUT2D eigenvalue weighted by Gasteiger charge is 2.27. The Kier molecular flexibility index (Phi) is 1.89. The molecule has 10 heavy (non-hydrogen) atoms. The molecule has 0 unspecified atom stereocenters. The van der Waals surface area contributed by atoms with E-state index in [9.17, 15) is 9.59 Å². The van der Waals surface area contributed by atoms with E-state index in [0.29, 0.717) is 0 Å². The van der Waals surface area contributed by atoms with Gasteiger partial charge in [0.1, 0.15) is 6.04 Å². The summed E-state index contributed by atoms with van der Waals surface area (Å²) >= 11 is 0. The van der Waals surface area contributed by atoms with E-state index in [4.69, 9.17) is 0 Å². The smallest absolute Gasteiger partial charge is 0.322 e. The number of nitrogens with one attached hydrogen (secondary N) is 2. The summed E-state index contributed by atoms with van der Waals surface area (Å²) in [6.07, 6.45) is 1.62. The Morgan fingerprint density at radius 1 is 1.50 bits per heavy atom. The third-order valence-electron chi connectivity index (χ3n) is 1.44. The molecule has 0 aromatic heterocycles. The van der Waals surface area contributed by atoms with Crippen molar-refractivity contribution in [2.75, 3.05) is 0 Å². The van der Waals surface area contributed by atoms with Crippen molar-refractivity contribution in [3.8, 4) is 0 Å². The molecular weight excluding hydrogens is 132 g/mol. The Labute approximate surface area is 59.0 Å². The zero-order valence-electron chi connectivity index (χ0n) is 5.81. The minimum Gasteiger partial charge on any atom is -0.326 e. The van der Waals surface area contributed by atoms with Gasteiger partial charge in [0.25, 0.3) is 5.91 Å². The zero-order chi connectivity index (χ0) is 7.56. The Morgan fingerprint density at radius 2 is 2.20 bits per heavy atom. The Bertz CT molecular complexity index is 167. The highest BCUT2D eigenvalue weighted by molar-refractivity contribution is 6.04. The Morgan fingerprint density at radius 3 is 2.60 bits per heavy atom. The van der Waals surface area contributed by atoms with Crippen molar-refractivity contribution in [2.45, 2.75) is 25.8 Å². The lowest BCUT2D eigenvalue weighted by Gasteiger charge is -2.01. The van der Waals surface area contributed by atoms with Gasteiger partial charge in [0.15, 0.2) is 0 Å². The summed E-state index contributed by atoms with van der Waals surface area (Å²) in [5.41, 5.74) is 0. The van der Waals surface area contributed by atoms with E-state index in [-0.39, 0.29) is 18.0 Å². The molecule has 4 nitrogen and oxygen atoms in total. The van der Waals surface area contributed by atoms with Crippen LogP contribution >= 0.6 is 0 Å². The van der Waals surface area contributed by atoms with E-state index in [1.54, 1.807) is 0 Å². The normalized spacial score (nSPS) is 24.3. The van der Waals surface area contributed by atoms with Crippen LogP contribution in [0.1, 0.15) is 19.8 Å². The quantitative estimate of drug-likeness (QED) is 0.533. The lowest BCUT2D eigenvalue weighted by Crippen LogP contribution is -2.28. The maximum Gasteiger partial charge on any atom is 0.322 e. The van der Waals surface area contributed by atoms with Crippen LogP contribution in [0.4, 0.5) is 4.79 Å². The summed E-state index contributed by atoms with van der Waals surface area (Å²) in [6, 6.07) is -0.666. The summed E-state index contributed by atoms with van der Waals surface area (Å²) in [5.74, 6) is -0.202. The summed E-state index contributed by atoms with van der Waals surface area (Å²) in [4.78, 5) is 21.3. The minimum absolute atomic E-state index is 0.202. The van der Waals surface area contributed by atoms with Gasteiger partial charge in [-0.15, -0.1) is 0 Å². The number of imide groups is 1. The van der Waals surface area contributed by atoms with Gasteiger partial charge in [-0.1, -0.05) is 13.3 Å². The fourth-order valence-corrected chi connectivity index (χ4v) is 0.951. The molecule has 0 aliphatic carbocycles. The molecule has 1 aliphatic heterocycles. The molecule has 3 amide bonds. The Hall–Kier alpha value is -1.06. The molecule has 0 aromatic rings. The standard InChI is InChI=1S/C6H10N2O2/c1-2-3-4-5(9)8-6(10)7-4/h4H,2-3H2,1H3,(H2,7,8,9,10)/t4-/m0/s1. The Balaban J connectivity index is 2.46. The number of hydrogen-bond donors (Lipinski definition) is 2. The third-order valence-corrected chi connectivity index (χ3v) is 1.44. The molecule has 2 N–H and O–H groups in total. The van der Waals surface area contributed by atoms with E-state index in [2.05, 4.69) is 10.6 Å². The van der Waals surface area contributed by atoms with Gasteiger partial charge in [-0.25, -0.2) is 4.79 Å². The van der Waals surface area contributed by atoms with Crippen LogP contribution in [-0.4, -0.2) is 18.0 Å². The van der Waals surface area contributed by atoms with Gasteiger partial charge in [0.2, 0.25) is 0 Å². The van der Waals surface area contributed by atoms with Gasteiger partial charge < -0.3 is 5.32 Å². The molecule has 0 radical (unpaired) electrons. The predicted molar refractivity (Wildman–Crippen MR) is 35.4 cm³/mol. The number of urea groups is 1. The van der Waals surface area contributed by atoms with Gasteiger partial charge in [0.05, 0.1) is 0 Å². The lowest BCUT2D eigenvalue weighted by atomic mass is 10.2. The summed E-state index contributed by atoms with van der Waals surface area (Å²) in [6.45, 7) is 1.97. The molecule has 0 aromatic carbocycles. The van der Waals surface area contributed by atoms with Crippen molar-refractivity contribution in [2.24, 2.45) is 0 Å². The van der Waals surface area contributed by atoms with Crippen molar-refractivity contribution in [1.29, 1.82) is 0 Å². The molecule has 4 heteroatoms. The molecule has 56 valence electrons. The summed E-state index contributed by atoms with van der Waals surface area (Å²) < 4.78 is 0. The molecule has 1 atom stereocenters. The highest BCUT2D eigenvalue weighted by Crippen LogP contribution is 2.00. The second-order valence-electron chi connectivity index (χ2n) is 2.30. The summed E-state index contributed by atoms with van der Waals surface area (Å²) in [7, 11) is 0. The average Bonchev–Trinajstić information content (AvgIpc) is 2.13. The molecule has 1 saturated heterocycles. The fraction of sp³-hybridized carbons (Fsp3) is 0.667. The first-order valence-corrected chi connectivity index (χ1v) is 3.35. The highest BCUT2D eigenvalue weighted by atomic mass is 16.2. The first-order chi connectivity index (χ1) is 4.74. The molecular formula is C6H10N2O2. The van der Waals surface area contributed by atoms with Crippen molar-refractivity contribution in [3.05, 3.63) is 0 Å². The second-order valence-corrected chi connectivity index (χ2v) is 2.30. The van der Waals surface area contributed by atoms with Crippen molar-refractivity contribution >= 4 is 11.9 Å². The van der Waals surface area contributed by atoms with Gasteiger partial charge in [-0.2, -0.15) is 0 Å². The minimum atomic E-state index is -0.372. The van der Waals surface area contributed by atoms with Crippen LogP contribution in [-0.2, 0) is 4.79 Å². The zero-order valence-corrected chi connectivity index (χ0v) is 5.81. The van der Waals surface area contributed by atoms with Crippen LogP contribution in [0, 0.1) is 0 Å². The van der Waals surface area contributed by atoms with Crippen LogP contribution in [0.2, 0.25) is 0 Å². The predicted octanol–water partition coefficient (Wildman–Crippen LogP) is -0.00550. The van der Waals surface area contributed by atoms with Crippen LogP contribution in [0.25, 0.3) is 0 Å². The molecule has 0 bridgehead atoms. The van der Waals surface area contributed by atoms with Crippen molar-refractivity contribution in [3.63, 3.8) is 0 Å². The second kappa shape index (κ2) is 2.68. The van der Waals surface area contributed by atoms with Crippen LogP contribution < -0.4 is 10.6 Å². The number of hydrogen-bond acceptors (Lipinski definition) is 2. The van der Waals surface area contributed by atoms with Crippen LogP contribution in [0.15, 0.2) is 0 Å². The van der Waals surface area contributed by atoms with E-state index in [1.807, 2.05) is 6.92 Å². The molecule has 0 spiro atoms. The molecule has 1 aliphatic rings. The van der Waals surface area contributed by atoms with E-state index in [0.717, 1.165) is 12.8 Å². The molecule has 1 rings (SSSR count). The molecule has 1 heterocycles. The van der Waals surface area contributed by atoms with Crippen LogP contribution in [0.3, 0.4) is 0 Å². The molecule has 0 saturated carbocycles. The lowest BCUT2D eigenvalue weighted by molar-refractivity contribution is -0.120. The van der Waals surface area contributed by atoms with Crippen LogP contribution in [0.5, 0.6) is 0 Å². The maximum atomic E-state index is 10.8. The average molecular weight is 142 g/mol. The molecule has 1 fully saturated rings. The maximum absolute atomic E-state index is 10.8. The van der Waals surface area contributed by atoms with E-state index in [1.165, 1.54) is 0 Å². The van der Waals surface area contributed by atoms with Crippen molar-refractivity contribution in [1.82, 2.24) is 10.6 Å². The monoisotopic (exact) mass is 142 g/mol. The SMILES string of the molecule is CCC[C@@H]1NC(=O)NC1=O. The number of rotatable bonds is 2. The third kappa shape index (κ3) is 1.26. The number of carbonyl (C=O) groups is 2. The van der Waals surface area contributed by atoms with Gasteiger partial charge in [0, 0.05) is 0 Å². The summed E-state index contributed by atoms with van der Waals surface area (Å²) in [5, 5.41) is 4.67. The largest absolute Gasteiger partial charge is 0.326 e. The number of carbonyl (C=O) groups excluding carboxylic acids is 2.